The van der Waals surface area contributed by atoms with Crippen molar-refractivity contribution in [3.05, 3.63) is 18.5 Å². The summed E-state index contributed by atoms with van der Waals surface area (Å²) < 4.78 is 0. The molecule has 3 fully saturated rings. The zero-order valence-corrected chi connectivity index (χ0v) is 17.3. The summed E-state index contributed by atoms with van der Waals surface area (Å²) in [5.41, 5.74) is 2.11. The van der Waals surface area contributed by atoms with Gasteiger partial charge < -0.3 is 10.2 Å². The van der Waals surface area contributed by atoms with Crippen LogP contribution in [0.3, 0.4) is 0 Å². The van der Waals surface area contributed by atoms with Crippen molar-refractivity contribution in [2.45, 2.75) is 57.5 Å². The van der Waals surface area contributed by atoms with E-state index in [-0.39, 0.29) is 5.91 Å². The maximum Gasteiger partial charge on any atom is 0.220 e. The molecule has 0 spiro atoms. The number of H-pyrrole nitrogens is 1. The third-order valence-corrected chi connectivity index (χ3v) is 7.28. The fourth-order valence-corrected chi connectivity index (χ4v) is 6.03. The van der Waals surface area contributed by atoms with Crippen molar-refractivity contribution in [1.82, 2.24) is 25.4 Å². The molecule has 2 aromatic heterocycles. The van der Waals surface area contributed by atoms with E-state index < -0.39 is 0 Å². The molecular formula is C22H32N6O. The molecule has 5 rings (SSSR count). The second kappa shape index (κ2) is 7.94. The third kappa shape index (κ3) is 3.50. The maximum atomic E-state index is 12.2. The number of hydrogen-bond acceptors (Lipinski definition) is 5. The van der Waals surface area contributed by atoms with E-state index in [2.05, 4.69) is 43.3 Å². The van der Waals surface area contributed by atoms with Gasteiger partial charge in [-0.3, -0.25) is 14.8 Å². The molecule has 0 radical (unpaired) electrons. The second-order valence-corrected chi connectivity index (χ2v) is 9.05. The molecular weight excluding hydrogens is 364 g/mol. The van der Waals surface area contributed by atoms with E-state index in [9.17, 15) is 4.79 Å². The molecule has 3 saturated heterocycles. The van der Waals surface area contributed by atoms with Gasteiger partial charge in [-0.25, -0.2) is 4.98 Å². The molecule has 2 bridgehead atoms. The molecule has 7 heteroatoms. The highest BCUT2D eigenvalue weighted by atomic mass is 16.1. The zero-order valence-electron chi connectivity index (χ0n) is 17.3. The van der Waals surface area contributed by atoms with Gasteiger partial charge in [-0.2, -0.15) is 5.10 Å². The number of aromatic amines is 1. The molecule has 0 unspecified atom stereocenters. The molecule has 2 N–H and O–H groups in total. The topological polar surface area (TPSA) is 77.1 Å². The van der Waals surface area contributed by atoms with Crippen LogP contribution in [0.2, 0.25) is 0 Å². The van der Waals surface area contributed by atoms with Crippen molar-refractivity contribution in [2.75, 3.05) is 31.1 Å². The van der Waals surface area contributed by atoms with E-state index >= 15 is 0 Å². The molecule has 156 valence electrons. The number of carbonyl (C=O) groups is 1. The molecule has 29 heavy (non-hydrogen) atoms. The van der Waals surface area contributed by atoms with Crippen molar-refractivity contribution in [2.24, 2.45) is 11.8 Å². The summed E-state index contributed by atoms with van der Waals surface area (Å²) in [6.07, 6.45) is 10.5. The first-order chi connectivity index (χ1) is 14.2. The van der Waals surface area contributed by atoms with Crippen LogP contribution in [0.25, 0.3) is 11.0 Å². The standard InChI is InChI=1S/C22H32N6O/c1-2-5-21(29)24-12-20-16-10-15(18-6-3-4-9-28(18)20)13-27(14-16)19-7-8-23-22-17(19)11-25-26-22/h7-8,11,15-16,18,20H,2-6,9-10,12-14H2,1H3,(H,24,29)(H,23,25,26)/t15-,16+,18+,20+/m1/s1. The summed E-state index contributed by atoms with van der Waals surface area (Å²) in [5, 5.41) is 11.6. The van der Waals surface area contributed by atoms with E-state index in [0.717, 1.165) is 37.1 Å². The number of amides is 1. The minimum absolute atomic E-state index is 0.199. The Bertz CT molecular complexity index is 866. The highest BCUT2D eigenvalue weighted by Crippen LogP contribution is 2.42. The number of fused-ring (bicyclic) bond motifs is 5. The molecule has 1 amide bonds. The van der Waals surface area contributed by atoms with Crippen LogP contribution in [0.15, 0.2) is 18.5 Å². The fraction of sp³-hybridized carbons (Fsp3) is 0.682. The maximum absolute atomic E-state index is 12.2. The number of carbonyl (C=O) groups excluding carboxylic acids is 1. The number of hydrogen-bond donors (Lipinski definition) is 2. The largest absolute Gasteiger partial charge is 0.370 e. The predicted molar refractivity (Wildman–Crippen MR) is 114 cm³/mol. The van der Waals surface area contributed by atoms with Crippen molar-refractivity contribution < 1.29 is 4.79 Å². The Morgan fingerprint density at radius 2 is 2.21 bits per heavy atom. The Hall–Kier alpha value is -2.15. The highest BCUT2D eigenvalue weighted by Gasteiger charge is 2.47. The van der Waals surface area contributed by atoms with Gasteiger partial charge in [0.25, 0.3) is 0 Å². The van der Waals surface area contributed by atoms with Crippen LogP contribution in [-0.2, 0) is 4.79 Å². The van der Waals surface area contributed by atoms with Crippen molar-refractivity contribution >= 4 is 22.6 Å². The molecule has 0 aliphatic carbocycles. The Kier molecular flexibility index (Phi) is 5.16. The first-order valence-corrected chi connectivity index (χ1v) is 11.3. The molecule has 3 aliphatic heterocycles. The normalized spacial score (nSPS) is 29.6. The number of nitrogens with one attached hydrogen (secondary N) is 2. The summed E-state index contributed by atoms with van der Waals surface area (Å²) in [6.45, 7) is 6.19. The first-order valence-electron chi connectivity index (χ1n) is 11.3. The first kappa shape index (κ1) is 18.9. The van der Waals surface area contributed by atoms with Crippen LogP contribution in [0.1, 0.15) is 45.4 Å². The van der Waals surface area contributed by atoms with Crippen molar-refractivity contribution in [3.8, 4) is 0 Å². The average molecular weight is 397 g/mol. The average Bonchev–Trinajstić information content (AvgIpc) is 3.23. The smallest absolute Gasteiger partial charge is 0.220 e. The van der Waals surface area contributed by atoms with Gasteiger partial charge in [-0.05, 0) is 50.1 Å². The number of rotatable bonds is 5. The van der Waals surface area contributed by atoms with Crippen LogP contribution in [-0.4, -0.2) is 64.3 Å². The van der Waals surface area contributed by atoms with Gasteiger partial charge in [0.05, 0.1) is 17.3 Å². The number of nitrogens with zero attached hydrogens (tertiary/aromatic N) is 4. The van der Waals surface area contributed by atoms with E-state index in [1.54, 1.807) is 0 Å². The number of anilines is 1. The number of piperidine rings is 3. The summed E-state index contributed by atoms with van der Waals surface area (Å²) >= 11 is 0. The van der Waals surface area contributed by atoms with Gasteiger partial charge in [0.1, 0.15) is 0 Å². The summed E-state index contributed by atoms with van der Waals surface area (Å²) in [4.78, 5) is 21.9. The predicted octanol–water partition coefficient (Wildman–Crippen LogP) is 2.55. The monoisotopic (exact) mass is 396 g/mol. The lowest BCUT2D eigenvalue weighted by atomic mass is 9.72. The lowest BCUT2D eigenvalue weighted by Crippen LogP contribution is -2.65. The Morgan fingerprint density at radius 3 is 3.10 bits per heavy atom. The minimum Gasteiger partial charge on any atom is -0.370 e. The molecule has 0 saturated carbocycles. The quantitative estimate of drug-likeness (QED) is 0.812. The number of aromatic nitrogens is 3. The van der Waals surface area contributed by atoms with Gasteiger partial charge >= 0.3 is 0 Å². The van der Waals surface area contributed by atoms with E-state index in [4.69, 9.17) is 0 Å². The number of pyridine rings is 1. The van der Waals surface area contributed by atoms with Crippen LogP contribution >= 0.6 is 0 Å². The van der Waals surface area contributed by atoms with Crippen LogP contribution < -0.4 is 10.2 Å². The molecule has 5 heterocycles. The third-order valence-electron chi connectivity index (χ3n) is 7.28. The molecule has 3 aliphatic rings. The fourth-order valence-electron chi connectivity index (χ4n) is 6.03. The SMILES string of the molecule is CCCC(=O)NC[C@H]1[C@H]2C[C@H](CN(c3ccnc4[nH]ncc34)C2)[C@@H]2CCCCN21. The summed E-state index contributed by atoms with van der Waals surface area (Å²) in [5.74, 6) is 1.48. The Morgan fingerprint density at radius 1 is 1.31 bits per heavy atom. The van der Waals surface area contributed by atoms with Gasteiger partial charge in [0, 0.05) is 44.3 Å². The van der Waals surface area contributed by atoms with Crippen LogP contribution in [0, 0.1) is 11.8 Å². The van der Waals surface area contributed by atoms with Gasteiger partial charge in [-0.1, -0.05) is 13.3 Å². The van der Waals surface area contributed by atoms with E-state index in [0.29, 0.717) is 30.3 Å². The summed E-state index contributed by atoms with van der Waals surface area (Å²) in [6, 6.07) is 3.23. The van der Waals surface area contributed by atoms with Crippen LogP contribution in [0.4, 0.5) is 5.69 Å². The van der Waals surface area contributed by atoms with Gasteiger partial charge in [0.2, 0.25) is 5.91 Å². The zero-order chi connectivity index (χ0) is 19.8. The lowest BCUT2D eigenvalue weighted by Gasteiger charge is -2.57. The Labute approximate surface area is 172 Å². The highest BCUT2D eigenvalue weighted by molar-refractivity contribution is 5.88. The molecule has 4 atom stereocenters. The summed E-state index contributed by atoms with van der Waals surface area (Å²) in [7, 11) is 0. The van der Waals surface area contributed by atoms with Crippen molar-refractivity contribution in [3.63, 3.8) is 0 Å². The molecule has 2 aromatic rings. The molecule has 0 aromatic carbocycles. The van der Waals surface area contributed by atoms with E-state index in [1.807, 2.05) is 12.4 Å². The van der Waals surface area contributed by atoms with Crippen molar-refractivity contribution in [1.29, 1.82) is 0 Å². The van der Waals surface area contributed by atoms with Gasteiger partial charge in [0.15, 0.2) is 5.65 Å². The molecule has 7 nitrogen and oxygen atoms in total. The Balaban J connectivity index is 1.40. The lowest BCUT2D eigenvalue weighted by molar-refractivity contribution is -0.122. The van der Waals surface area contributed by atoms with Crippen LogP contribution in [0.5, 0.6) is 0 Å². The van der Waals surface area contributed by atoms with E-state index in [1.165, 1.54) is 37.9 Å². The second-order valence-electron chi connectivity index (χ2n) is 9.05. The minimum atomic E-state index is 0.199. The van der Waals surface area contributed by atoms with Gasteiger partial charge in [-0.15, -0.1) is 0 Å².